The minimum atomic E-state index is -0.736. The van der Waals surface area contributed by atoms with Crippen molar-refractivity contribution in [3.63, 3.8) is 0 Å². The second-order valence-corrected chi connectivity index (χ2v) is 5.97. The first-order chi connectivity index (χ1) is 10.5. The molecule has 1 atom stereocenters. The average molecular weight is 325 g/mol. The standard InChI is InChI=1S/C15H17F2N3OS/c1-20(2)13(14-4-3-5-22-14)9-18-15(21)19-12-7-10(16)6-11(17)8-12/h3-8,13H,9H2,1-2H3,(H2,18,19,21). The molecule has 2 rings (SSSR count). The maximum absolute atomic E-state index is 13.1. The number of halogens is 2. The lowest BCUT2D eigenvalue weighted by Gasteiger charge is -2.23. The summed E-state index contributed by atoms with van der Waals surface area (Å²) >= 11 is 1.61. The molecule has 2 amide bonds. The van der Waals surface area contributed by atoms with Crippen LogP contribution in [0.1, 0.15) is 10.9 Å². The maximum atomic E-state index is 13.1. The van der Waals surface area contributed by atoms with Crippen molar-refractivity contribution in [3.05, 3.63) is 52.2 Å². The van der Waals surface area contributed by atoms with Crippen LogP contribution in [-0.2, 0) is 0 Å². The lowest BCUT2D eigenvalue weighted by atomic mass is 10.2. The van der Waals surface area contributed by atoms with Gasteiger partial charge in [-0.3, -0.25) is 0 Å². The number of likely N-dealkylation sites (N-methyl/N-ethyl adjacent to an activating group) is 1. The Labute approximate surface area is 131 Å². The molecule has 0 saturated heterocycles. The number of carbonyl (C=O) groups excluding carboxylic acids is 1. The number of benzene rings is 1. The van der Waals surface area contributed by atoms with E-state index in [1.165, 1.54) is 0 Å². The second-order valence-electron chi connectivity index (χ2n) is 4.99. The zero-order chi connectivity index (χ0) is 16.1. The lowest BCUT2D eigenvalue weighted by molar-refractivity contribution is 0.244. The molecule has 2 N–H and O–H groups in total. The lowest BCUT2D eigenvalue weighted by Crippen LogP contribution is -2.36. The number of anilines is 1. The monoisotopic (exact) mass is 325 g/mol. The molecular formula is C15H17F2N3OS. The van der Waals surface area contributed by atoms with Crippen LogP contribution in [0.4, 0.5) is 19.3 Å². The Hall–Kier alpha value is -1.99. The molecule has 1 unspecified atom stereocenters. The van der Waals surface area contributed by atoms with E-state index in [9.17, 15) is 13.6 Å². The third-order valence-corrected chi connectivity index (χ3v) is 4.04. The topological polar surface area (TPSA) is 44.4 Å². The highest BCUT2D eigenvalue weighted by molar-refractivity contribution is 7.10. The molecule has 0 aliphatic carbocycles. The van der Waals surface area contributed by atoms with E-state index in [4.69, 9.17) is 0 Å². The van der Waals surface area contributed by atoms with Crippen molar-refractivity contribution in [3.8, 4) is 0 Å². The van der Waals surface area contributed by atoms with E-state index in [1.807, 2.05) is 36.5 Å². The van der Waals surface area contributed by atoms with Gasteiger partial charge in [0.05, 0.1) is 6.04 Å². The Morgan fingerprint density at radius 1 is 1.27 bits per heavy atom. The van der Waals surface area contributed by atoms with Gasteiger partial charge in [-0.2, -0.15) is 0 Å². The van der Waals surface area contributed by atoms with Gasteiger partial charge in [0.2, 0.25) is 0 Å². The van der Waals surface area contributed by atoms with Crippen molar-refractivity contribution in [2.24, 2.45) is 0 Å². The minimum Gasteiger partial charge on any atom is -0.336 e. The van der Waals surface area contributed by atoms with Crippen LogP contribution in [-0.4, -0.2) is 31.6 Å². The van der Waals surface area contributed by atoms with Crippen molar-refractivity contribution in [2.45, 2.75) is 6.04 Å². The quantitative estimate of drug-likeness (QED) is 0.884. The Morgan fingerprint density at radius 3 is 2.50 bits per heavy atom. The van der Waals surface area contributed by atoms with Crippen molar-refractivity contribution < 1.29 is 13.6 Å². The molecule has 0 radical (unpaired) electrons. The summed E-state index contributed by atoms with van der Waals surface area (Å²) in [5.41, 5.74) is 0.0764. The number of hydrogen-bond acceptors (Lipinski definition) is 3. The molecule has 0 bridgehead atoms. The van der Waals surface area contributed by atoms with Crippen molar-refractivity contribution in [1.82, 2.24) is 10.2 Å². The molecule has 1 heterocycles. The summed E-state index contributed by atoms with van der Waals surface area (Å²) in [4.78, 5) is 15.0. The third-order valence-electron chi connectivity index (χ3n) is 3.07. The highest BCUT2D eigenvalue weighted by Crippen LogP contribution is 2.22. The molecule has 118 valence electrons. The summed E-state index contributed by atoms with van der Waals surface area (Å²) in [7, 11) is 3.85. The van der Waals surface area contributed by atoms with Crippen LogP contribution >= 0.6 is 11.3 Å². The smallest absolute Gasteiger partial charge is 0.319 e. The SMILES string of the molecule is CN(C)C(CNC(=O)Nc1cc(F)cc(F)c1)c1cccs1. The number of urea groups is 1. The van der Waals surface area contributed by atoms with Crippen LogP contribution in [0.3, 0.4) is 0 Å². The first-order valence-electron chi connectivity index (χ1n) is 6.66. The number of nitrogens with one attached hydrogen (secondary N) is 2. The Bertz CT molecular complexity index is 611. The summed E-state index contributed by atoms with van der Waals surface area (Å²) in [5.74, 6) is -1.47. The van der Waals surface area contributed by atoms with Gasteiger partial charge in [-0.25, -0.2) is 13.6 Å². The first kappa shape index (κ1) is 16.4. The molecule has 0 aliphatic heterocycles. The fraction of sp³-hybridized carbons (Fsp3) is 0.267. The van der Waals surface area contributed by atoms with Crippen molar-refractivity contribution >= 4 is 23.1 Å². The molecule has 4 nitrogen and oxygen atoms in total. The molecule has 7 heteroatoms. The van der Waals surface area contributed by atoms with Crippen molar-refractivity contribution in [2.75, 3.05) is 26.0 Å². The van der Waals surface area contributed by atoms with E-state index in [-0.39, 0.29) is 11.7 Å². The number of thiophene rings is 1. The summed E-state index contributed by atoms with van der Waals surface area (Å²) in [6.07, 6.45) is 0. The molecular weight excluding hydrogens is 308 g/mol. The zero-order valence-electron chi connectivity index (χ0n) is 12.3. The van der Waals surface area contributed by atoms with Gasteiger partial charge in [0.15, 0.2) is 0 Å². The van der Waals surface area contributed by atoms with Crippen LogP contribution in [0.2, 0.25) is 0 Å². The van der Waals surface area contributed by atoms with E-state index < -0.39 is 17.7 Å². The zero-order valence-corrected chi connectivity index (χ0v) is 13.1. The molecule has 1 aromatic heterocycles. The Kier molecular flexibility index (Phi) is 5.46. The highest BCUT2D eigenvalue weighted by atomic mass is 32.1. The van der Waals surface area contributed by atoms with E-state index in [0.717, 1.165) is 23.1 Å². The van der Waals surface area contributed by atoms with Gasteiger partial charge in [0, 0.05) is 23.2 Å². The van der Waals surface area contributed by atoms with Gasteiger partial charge in [0.1, 0.15) is 11.6 Å². The number of hydrogen-bond donors (Lipinski definition) is 2. The van der Waals surface area contributed by atoms with Gasteiger partial charge >= 0.3 is 6.03 Å². The molecule has 0 aliphatic rings. The normalized spacial score (nSPS) is 12.2. The molecule has 1 aromatic carbocycles. The molecule has 2 aromatic rings. The van der Waals surface area contributed by atoms with Gasteiger partial charge in [-0.05, 0) is 37.7 Å². The summed E-state index contributed by atoms with van der Waals surface area (Å²) in [6, 6.07) is 6.35. The Balaban J connectivity index is 1.94. The number of amides is 2. The second kappa shape index (κ2) is 7.33. The number of nitrogens with zero attached hydrogens (tertiary/aromatic N) is 1. The van der Waals surface area contributed by atoms with E-state index in [1.54, 1.807) is 11.3 Å². The van der Waals surface area contributed by atoms with Gasteiger partial charge in [-0.1, -0.05) is 6.07 Å². The van der Waals surface area contributed by atoms with E-state index in [2.05, 4.69) is 10.6 Å². The highest BCUT2D eigenvalue weighted by Gasteiger charge is 2.16. The Morgan fingerprint density at radius 2 is 1.95 bits per heavy atom. The average Bonchev–Trinajstić information content (AvgIpc) is 2.91. The maximum Gasteiger partial charge on any atom is 0.319 e. The minimum absolute atomic E-state index is 0.0370. The largest absolute Gasteiger partial charge is 0.336 e. The predicted molar refractivity (Wildman–Crippen MR) is 84.1 cm³/mol. The predicted octanol–water partition coefficient (Wildman–Crippen LogP) is 3.45. The fourth-order valence-corrected chi connectivity index (χ4v) is 2.93. The van der Waals surface area contributed by atoms with Crippen LogP contribution in [0.25, 0.3) is 0 Å². The molecule has 0 spiro atoms. The summed E-state index contributed by atoms with van der Waals surface area (Å²) in [5, 5.41) is 7.10. The van der Waals surface area contributed by atoms with Gasteiger partial charge in [0.25, 0.3) is 0 Å². The van der Waals surface area contributed by atoms with Crippen LogP contribution in [0.15, 0.2) is 35.7 Å². The van der Waals surface area contributed by atoms with Gasteiger partial charge in [-0.15, -0.1) is 11.3 Å². The van der Waals surface area contributed by atoms with E-state index in [0.29, 0.717) is 6.54 Å². The van der Waals surface area contributed by atoms with Gasteiger partial charge < -0.3 is 15.5 Å². The molecule has 0 fully saturated rings. The third kappa shape index (κ3) is 4.51. The molecule has 0 saturated carbocycles. The van der Waals surface area contributed by atoms with Crippen LogP contribution in [0.5, 0.6) is 0 Å². The molecule has 22 heavy (non-hydrogen) atoms. The van der Waals surface area contributed by atoms with E-state index >= 15 is 0 Å². The van der Waals surface area contributed by atoms with Crippen LogP contribution in [0, 0.1) is 11.6 Å². The first-order valence-corrected chi connectivity index (χ1v) is 7.54. The van der Waals surface area contributed by atoms with Crippen LogP contribution < -0.4 is 10.6 Å². The summed E-state index contributed by atoms with van der Waals surface area (Å²) < 4.78 is 26.1. The number of rotatable bonds is 5. The summed E-state index contributed by atoms with van der Waals surface area (Å²) in [6.45, 7) is 0.386. The van der Waals surface area contributed by atoms with Crippen molar-refractivity contribution in [1.29, 1.82) is 0 Å². The number of carbonyl (C=O) groups is 1. The fourth-order valence-electron chi connectivity index (χ4n) is 2.01.